The lowest BCUT2D eigenvalue weighted by atomic mass is 10.1. The molecule has 0 unspecified atom stereocenters. The van der Waals surface area contributed by atoms with E-state index in [4.69, 9.17) is 4.74 Å². The fourth-order valence-corrected chi connectivity index (χ4v) is 3.29. The summed E-state index contributed by atoms with van der Waals surface area (Å²) in [5.74, 6) is -3.27. The largest absolute Gasteiger partial charge is 0.456 e. The third-order valence-corrected chi connectivity index (χ3v) is 4.88. The highest BCUT2D eigenvalue weighted by Gasteiger charge is 2.25. The van der Waals surface area contributed by atoms with E-state index < -0.39 is 51.0 Å². The Morgan fingerprint density at radius 1 is 1.12 bits per heavy atom. The molecule has 0 radical (unpaired) electrons. The van der Waals surface area contributed by atoms with Gasteiger partial charge in [0.25, 0.3) is 0 Å². The van der Waals surface area contributed by atoms with Gasteiger partial charge in [0, 0.05) is 5.56 Å². The van der Waals surface area contributed by atoms with E-state index in [0.717, 1.165) is 24.3 Å². The minimum absolute atomic E-state index is 0.0115. The summed E-state index contributed by atoms with van der Waals surface area (Å²) < 4.78 is 57.6. The van der Waals surface area contributed by atoms with Crippen LogP contribution < -0.4 is 4.72 Å². The maximum absolute atomic E-state index is 13.6. The molecule has 0 aliphatic rings. The van der Waals surface area contributed by atoms with Crippen molar-refractivity contribution in [2.24, 2.45) is 0 Å². The summed E-state index contributed by atoms with van der Waals surface area (Å²) in [6.45, 7) is 0.501. The second-order valence-electron chi connectivity index (χ2n) is 5.31. The molecule has 2 aromatic carbocycles. The number of ketones is 1. The molecule has 2 aromatic rings. The molecule has 0 aromatic heterocycles. The Morgan fingerprint density at radius 3 is 2.46 bits per heavy atom. The van der Waals surface area contributed by atoms with Crippen LogP contribution in [0.5, 0.6) is 0 Å². The molecule has 0 heterocycles. The molecule has 0 bridgehead atoms. The standard InChI is InChI=1S/C17H15F2NO5S/c1-11(20-26(23,24)16-8-3-2-7-14(16)19)17(22)25-10-15(21)12-5-4-6-13(18)9-12/h2-9,11,20H,10H2,1H3/t11-/m0/s1. The first-order chi connectivity index (χ1) is 12.2. The number of ether oxygens (including phenoxy) is 1. The molecule has 9 heteroatoms. The average molecular weight is 383 g/mol. The molecule has 0 amide bonds. The third kappa shape index (κ3) is 4.93. The molecule has 138 valence electrons. The Balaban J connectivity index is 1.97. The monoisotopic (exact) mass is 383 g/mol. The van der Waals surface area contributed by atoms with Gasteiger partial charge in [0.15, 0.2) is 12.4 Å². The molecular weight excluding hydrogens is 368 g/mol. The van der Waals surface area contributed by atoms with Crippen LogP contribution in [0.3, 0.4) is 0 Å². The first-order valence-corrected chi connectivity index (χ1v) is 8.91. The Hall–Kier alpha value is -2.65. The van der Waals surface area contributed by atoms with E-state index >= 15 is 0 Å². The maximum atomic E-state index is 13.6. The van der Waals surface area contributed by atoms with Crippen LogP contribution >= 0.6 is 0 Å². The highest BCUT2D eigenvalue weighted by atomic mass is 32.2. The number of Topliss-reactive ketones (excluding diaryl/α,β-unsaturated/α-hetero) is 1. The normalized spacial score (nSPS) is 12.4. The Kier molecular flexibility index (Phi) is 6.17. The van der Waals surface area contributed by atoms with Crippen molar-refractivity contribution in [2.45, 2.75) is 17.9 Å². The average Bonchev–Trinajstić information content (AvgIpc) is 2.59. The second-order valence-corrected chi connectivity index (χ2v) is 7.00. The number of sulfonamides is 1. The minimum Gasteiger partial charge on any atom is -0.456 e. The van der Waals surface area contributed by atoms with Crippen molar-refractivity contribution < 1.29 is 31.5 Å². The van der Waals surface area contributed by atoms with Crippen LogP contribution in [0.25, 0.3) is 0 Å². The van der Waals surface area contributed by atoms with E-state index in [1.165, 1.54) is 31.2 Å². The lowest BCUT2D eigenvalue weighted by Gasteiger charge is -2.14. The van der Waals surface area contributed by atoms with Crippen molar-refractivity contribution in [1.29, 1.82) is 0 Å². The number of halogens is 2. The summed E-state index contributed by atoms with van der Waals surface area (Å²) in [6, 6.07) is 8.13. The van der Waals surface area contributed by atoms with E-state index in [1.807, 2.05) is 4.72 Å². The molecule has 1 N–H and O–H groups in total. The molecule has 26 heavy (non-hydrogen) atoms. The third-order valence-electron chi connectivity index (χ3n) is 3.30. The van der Waals surface area contributed by atoms with E-state index in [0.29, 0.717) is 0 Å². The number of esters is 1. The van der Waals surface area contributed by atoms with Gasteiger partial charge in [-0.05, 0) is 31.2 Å². The number of benzene rings is 2. The van der Waals surface area contributed by atoms with Crippen molar-refractivity contribution >= 4 is 21.8 Å². The summed E-state index contributed by atoms with van der Waals surface area (Å²) in [4.78, 5) is 23.1. The van der Waals surface area contributed by atoms with Gasteiger partial charge < -0.3 is 4.74 Å². The Morgan fingerprint density at radius 2 is 1.81 bits per heavy atom. The van der Waals surface area contributed by atoms with Crippen LogP contribution in [-0.4, -0.2) is 32.8 Å². The molecular formula is C17H15F2NO5S. The predicted molar refractivity (Wildman–Crippen MR) is 87.9 cm³/mol. The van der Waals surface area contributed by atoms with Gasteiger partial charge in [-0.2, -0.15) is 4.72 Å². The van der Waals surface area contributed by atoms with Crippen LogP contribution in [0.4, 0.5) is 8.78 Å². The van der Waals surface area contributed by atoms with Gasteiger partial charge in [-0.25, -0.2) is 17.2 Å². The SMILES string of the molecule is C[C@H](NS(=O)(=O)c1ccccc1F)C(=O)OCC(=O)c1cccc(F)c1. The first kappa shape index (κ1) is 19.7. The summed E-state index contributed by atoms with van der Waals surface area (Å²) in [5.41, 5.74) is 0.0115. The number of hydrogen-bond donors (Lipinski definition) is 1. The van der Waals surface area contributed by atoms with Gasteiger partial charge in [0.1, 0.15) is 22.6 Å². The van der Waals surface area contributed by atoms with Crippen molar-refractivity contribution in [3.63, 3.8) is 0 Å². The van der Waals surface area contributed by atoms with Gasteiger partial charge in [-0.3, -0.25) is 9.59 Å². The van der Waals surface area contributed by atoms with Crippen molar-refractivity contribution in [3.8, 4) is 0 Å². The summed E-state index contributed by atoms with van der Waals surface area (Å²) in [5, 5.41) is 0. The molecule has 1 atom stereocenters. The van der Waals surface area contributed by atoms with E-state index in [1.54, 1.807) is 0 Å². The molecule has 2 rings (SSSR count). The number of rotatable bonds is 7. The van der Waals surface area contributed by atoms with Crippen LogP contribution in [-0.2, 0) is 19.6 Å². The van der Waals surface area contributed by atoms with Crippen LogP contribution in [0.2, 0.25) is 0 Å². The number of hydrogen-bond acceptors (Lipinski definition) is 5. The predicted octanol–water partition coefficient (Wildman–Crippen LogP) is 2.06. The molecule has 0 spiro atoms. The zero-order valence-corrected chi connectivity index (χ0v) is 14.4. The smallest absolute Gasteiger partial charge is 0.324 e. The lowest BCUT2D eigenvalue weighted by Crippen LogP contribution is -2.40. The number of nitrogens with one attached hydrogen (secondary N) is 1. The minimum atomic E-state index is -4.29. The topological polar surface area (TPSA) is 89.5 Å². The van der Waals surface area contributed by atoms with Crippen molar-refractivity contribution in [1.82, 2.24) is 4.72 Å². The van der Waals surface area contributed by atoms with Crippen LogP contribution in [0.15, 0.2) is 53.4 Å². The van der Waals surface area contributed by atoms with E-state index in [-0.39, 0.29) is 5.56 Å². The van der Waals surface area contributed by atoms with Gasteiger partial charge in [-0.15, -0.1) is 0 Å². The molecule has 0 aliphatic carbocycles. The van der Waals surface area contributed by atoms with Gasteiger partial charge in [-0.1, -0.05) is 24.3 Å². The maximum Gasteiger partial charge on any atom is 0.324 e. The fourth-order valence-electron chi connectivity index (χ4n) is 2.01. The van der Waals surface area contributed by atoms with Gasteiger partial charge in [0.2, 0.25) is 10.0 Å². The molecule has 0 saturated heterocycles. The Bertz CT molecular complexity index is 930. The zero-order chi connectivity index (χ0) is 19.3. The summed E-state index contributed by atoms with van der Waals surface area (Å²) in [7, 11) is -4.29. The van der Waals surface area contributed by atoms with Gasteiger partial charge >= 0.3 is 5.97 Å². The second kappa shape index (κ2) is 8.15. The number of carbonyl (C=O) groups excluding carboxylic acids is 2. The van der Waals surface area contributed by atoms with Crippen LogP contribution in [0.1, 0.15) is 17.3 Å². The Labute approximate surface area is 148 Å². The quantitative estimate of drug-likeness (QED) is 0.584. The van der Waals surface area contributed by atoms with Gasteiger partial charge in [0.05, 0.1) is 0 Å². The summed E-state index contributed by atoms with van der Waals surface area (Å²) in [6.07, 6.45) is 0. The molecule has 0 saturated carbocycles. The fraction of sp³-hybridized carbons (Fsp3) is 0.176. The molecule has 0 aliphatic heterocycles. The number of carbonyl (C=O) groups is 2. The zero-order valence-electron chi connectivity index (χ0n) is 13.6. The van der Waals surface area contributed by atoms with Crippen molar-refractivity contribution in [3.05, 3.63) is 65.7 Å². The van der Waals surface area contributed by atoms with Crippen LogP contribution in [0, 0.1) is 11.6 Å². The highest BCUT2D eigenvalue weighted by molar-refractivity contribution is 7.89. The van der Waals surface area contributed by atoms with E-state index in [9.17, 15) is 26.8 Å². The lowest BCUT2D eigenvalue weighted by molar-refractivity contribution is -0.144. The molecule has 0 fully saturated rings. The van der Waals surface area contributed by atoms with E-state index in [2.05, 4.69) is 0 Å². The summed E-state index contributed by atoms with van der Waals surface area (Å²) >= 11 is 0. The van der Waals surface area contributed by atoms with Crippen molar-refractivity contribution in [2.75, 3.05) is 6.61 Å². The molecule has 6 nitrogen and oxygen atoms in total. The first-order valence-electron chi connectivity index (χ1n) is 7.43. The highest BCUT2D eigenvalue weighted by Crippen LogP contribution is 2.14.